The van der Waals surface area contributed by atoms with Gasteiger partial charge >= 0.3 is 0 Å². The molecule has 0 atom stereocenters. The molecule has 72 valence electrons. The molecule has 2 aromatic heterocycles. The molecule has 2 aromatic rings. The summed E-state index contributed by atoms with van der Waals surface area (Å²) in [6.07, 6.45) is 2.54. The van der Waals surface area contributed by atoms with Gasteiger partial charge in [0, 0.05) is 11.3 Å². The van der Waals surface area contributed by atoms with E-state index in [1.54, 1.807) is 11.3 Å². The first-order valence-corrected chi connectivity index (χ1v) is 5.25. The molecule has 1 aliphatic carbocycles. The van der Waals surface area contributed by atoms with E-state index in [1.807, 2.05) is 0 Å². The topological polar surface area (TPSA) is 79.4 Å². The molecule has 0 aromatic carbocycles. The molecule has 0 spiro atoms. The van der Waals surface area contributed by atoms with Crippen molar-refractivity contribution in [1.29, 1.82) is 0 Å². The van der Waals surface area contributed by atoms with Crippen LogP contribution in [0.1, 0.15) is 24.5 Å². The van der Waals surface area contributed by atoms with E-state index in [2.05, 4.69) is 36.3 Å². The van der Waals surface area contributed by atoms with Gasteiger partial charge in [0.1, 0.15) is 0 Å². The molecule has 2 heterocycles. The Bertz CT molecular complexity index is 417. The van der Waals surface area contributed by atoms with E-state index in [4.69, 9.17) is 0 Å². The van der Waals surface area contributed by atoms with Crippen LogP contribution in [-0.2, 0) is 0 Å². The van der Waals surface area contributed by atoms with Crippen molar-refractivity contribution < 1.29 is 0 Å². The quantitative estimate of drug-likeness (QED) is 0.794. The van der Waals surface area contributed by atoms with Gasteiger partial charge in [0.05, 0.1) is 5.69 Å². The zero-order chi connectivity index (χ0) is 9.38. The fourth-order valence-corrected chi connectivity index (χ4v) is 2.01. The van der Waals surface area contributed by atoms with Gasteiger partial charge in [-0.1, -0.05) is 5.10 Å². The Morgan fingerprint density at radius 1 is 1.50 bits per heavy atom. The molecule has 1 aliphatic rings. The summed E-state index contributed by atoms with van der Waals surface area (Å²) in [5.41, 5.74) is 1.18. The zero-order valence-electron chi connectivity index (χ0n) is 7.27. The van der Waals surface area contributed by atoms with Crippen LogP contribution in [0.3, 0.4) is 0 Å². The van der Waals surface area contributed by atoms with Crippen molar-refractivity contribution in [3.05, 3.63) is 11.1 Å². The van der Waals surface area contributed by atoms with Gasteiger partial charge in [-0.05, 0) is 18.1 Å². The molecule has 3 rings (SSSR count). The van der Waals surface area contributed by atoms with Crippen molar-refractivity contribution >= 4 is 22.4 Å². The van der Waals surface area contributed by atoms with Crippen molar-refractivity contribution in [1.82, 2.24) is 25.6 Å². The van der Waals surface area contributed by atoms with Gasteiger partial charge in [-0.25, -0.2) is 4.98 Å². The number of rotatable bonds is 3. The van der Waals surface area contributed by atoms with Crippen molar-refractivity contribution in [3.8, 4) is 0 Å². The van der Waals surface area contributed by atoms with Gasteiger partial charge in [0.15, 0.2) is 5.13 Å². The molecule has 7 heteroatoms. The number of nitrogens with zero attached hydrogens (tertiary/aromatic N) is 4. The highest BCUT2D eigenvalue weighted by Crippen LogP contribution is 2.41. The molecule has 0 bridgehead atoms. The molecule has 6 nitrogen and oxygen atoms in total. The monoisotopic (exact) mass is 208 g/mol. The maximum atomic E-state index is 4.43. The lowest BCUT2D eigenvalue weighted by Crippen LogP contribution is -1.92. The van der Waals surface area contributed by atoms with Gasteiger partial charge in [-0.15, -0.1) is 16.4 Å². The minimum absolute atomic E-state index is 0.460. The molecule has 0 amide bonds. The Morgan fingerprint density at radius 2 is 2.43 bits per heavy atom. The van der Waals surface area contributed by atoms with Gasteiger partial charge in [0.2, 0.25) is 0 Å². The van der Waals surface area contributed by atoms with Crippen LogP contribution in [-0.4, -0.2) is 25.6 Å². The minimum Gasteiger partial charge on any atom is -0.297 e. The normalized spacial score (nSPS) is 15.7. The zero-order valence-corrected chi connectivity index (χ0v) is 8.08. The van der Waals surface area contributed by atoms with Crippen molar-refractivity contribution in [2.24, 2.45) is 0 Å². The molecule has 1 saturated carbocycles. The van der Waals surface area contributed by atoms with Gasteiger partial charge in [-0.2, -0.15) is 5.21 Å². The maximum Gasteiger partial charge on any atom is 0.269 e. The minimum atomic E-state index is 0.460. The highest BCUT2D eigenvalue weighted by Gasteiger charge is 2.26. The van der Waals surface area contributed by atoms with E-state index in [-0.39, 0.29) is 0 Å². The summed E-state index contributed by atoms with van der Waals surface area (Å²) in [5, 5.41) is 19.3. The second-order valence-electron chi connectivity index (χ2n) is 3.21. The van der Waals surface area contributed by atoms with Crippen molar-refractivity contribution in [2.45, 2.75) is 18.8 Å². The number of aromatic amines is 1. The first-order valence-electron chi connectivity index (χ1n) is 4.38. The second-order valence-corrected chi connectivity index (χ2v) is 4.07. The van der Waals surface area contributed by atoms with Gasteiger partial charge < -0.3 is 0 Å². The first kappa shape index (κ1) is 7.86. The van der Waals surface area contributed by atoms with E-state index in [0.29, 0.717) is 11.9 Å². The molecule has 2 N–H and O–H groups in total. The number of thiazole rings is 1. The predicted molar refractivity (Wildman–Crippen MR) is 51.5 cm³/mol. The third-order valence-electron chi connectivity index (χ3n) is 2.08. The SMILES string of the molecule is c1sc(Nc2nn[nH]n2)nc1C1CC1. The van der Waals surface area contributed by atoms with Crippen molar-refractivity contribution in [3.63, 3.8) is 0 Å². The lowest BCUT2D eigenvalue weighted by molar-refractivity contribution is 0.881. The number of aromatic nitrogens is 5. The smallest absolute Gasteiger partial charge is 0.269 e. The number of hydrogen-bond acceptors (Lipinski definition) is 6. The summed E-state index contributed by atoms with van der Waals surface area (Å²) in [6, 6.07) is 0. The largest absolute Gasteiger partial charge is 0.297 e. The van der Waals surface area contributed by atoms with Crippen LogP contribution in [0, 0.1) is 0 Å². The van der Waals surface area contributed by atoms with Crippen molar-refractivity contribution in [2.75, 3.05) is 5.32 Å². The average molecular weight is 208 g/mol. The third-order valence-corrected chi connectivity index (χ3v) is 2.86. The van der Waals surface area contributed by atoms with E-state index < -0.39 is 0 Å². The second kappa shape index (κ2) is 3.02. The molecule has 0 unspecified atom stereocenters. The highest BCUT2D eigenvalue weighted by atomic mass is 32.1. The predicted octanol–water partition coefficient (Wildman–Crippen LogP) is 1.28. The van der Waals surface area contributed by atoms with Crippen LogP contribution in [0.15, 0.2) is 5.38 Å². The lowest BCUT2D eigenvalue weighted by Gasteiger charge is -1.92. The standard InChI is InChI=1S/C7H8N6S/c1-2-4(1)5-3-14-7(8-5)9-6-10-12-13-11-6/h3-4H,1-2H2,(H2,8,9,10,11,12,13). The molecular formula is C7H8N6S. The van der Waals surface area contributed by atoms with E-state index in [1.165, 1.54) is 18.5 Å². The highest BCUT2D eigenvalue weighted by molar-refractivity contribution is 7.13. The van der Waals surface area contributed by atoms with Crippen LogP contribution < -0.4 is 5.32 Å². The summed E-state index contributed by atoms with van der Waals surface area (Å²) in [4.78, 5) is 4.43. The Hall–Kier alpha value is -1.50. The summed E-state index contributed by atoms with van der Waals surface area (Å²) in [7, 11) is 0. The summed E-state index contributed by atoms with van der Waals surface area (Å²) < 4.78 is 0. The first-order chi connectivity index (χ1) is 6.92. The van der Waals surface area contributed by atoms with Crippen LogP contribution in [0.5, 0.6) is 0 Å². The molecule has 0 saturated heterocycles. The Morgan fingerprint density at radius 3 is 3.14 bits per heavy atom. The summed E-state index contributed by atoms with van der Waals surface area (Å²) in [6.45, 7) is 0. The van der Waals surface area contributed by atoms with Crippen LogP contribution in [0.25, 0.3) is 0 Å². The van der Waals surface area contributed by atoms with E-state index in [0.717, 1.165) is 5.13 Å². The third kappa shape index (κ3) is 1.46. The molecule has 0 radical (unpaired) electrons. The van der Waals surface area contributed by atoms with Gasteiger partial charge in [0.25, 0.3) is 5.95 Å². The van der Waals surface area contributed by atoms with Crippen LogP contribution >= 0.6 is 11.3 Å². The fraction of sp³-hybridized carbons (Fsp3) is 0.429. The van der Waals surface area contributed by atoms with Gasteiger partial charge in [-0.3, -0.25) is 5.32 Å². The molecule has 1 fully saturated rings. The van der Waals surface area contributed by atoms with Crippen LogP contribution in [0.4, 0.5) is 11.1 Å². The molecular weight excluding hydrogens is 200 g/mol. The summed E-state index contributed by atoms with van der Waals surface area (Å²) >= 11 is 1.57. The van der Waals surface area contributed by atoms with Crippen LogP contribution in [0.2, 0.25) is 0 Å². The molecule has 0 aliphatic heterocycles. The maximum absolute atomic E-state index is 4.43. The Labute approximate surface area is 83.8 Å². The number of tetrazole rings is 1. The number of nitrogens with one attached hydrogen (secondary N) is 2. The number of hydrogen-bond donors (Lipinski definition) is 2. The Kier molecular flexibility index (Phi) is 1.69. The summed E-state index contributed by atoms with van der Waals surface area (Å²) in [5.74, 6) is 1.15. The Balaban J connectivity index is 1.76. The van der Waals surface area contributed by atoms with E-state index in [9.17, 15) is 0 Å². The lowest BCUT2D eigenvalue weighted by atomic mass is 10.3. The average Bonchev–Trinajstić information content (AvgIpc) is 2.75. The number of anilines is 2. The number of H-pyrrole nitrogens is 1. The fourth-order valence-electron chi connectivity index (χ4n) is 1.22. The van der Waals surface area contributed by atoms with E-state index >= 15 is 0 Å². The molecule has 14 heavy (non-hydrogen) atoms.